The number of hydrogen-bond donors (Lipinski definition) is 1. The zero-order valence-corrected chi connectivity index (χ0v) is 11.1. The Bertz CT molecular complexity index is 445. The lowest BCUT2D eigenvalue weighted by Crippen LogP contribution is -2.27. The van der Waals surface area contributed by atoms with Crippen molar-refractivity contribution in [2.75, 3.05) is 36.5 Å². The standard InChI is InChI=1S/C14H21N3O/c1-11-5-3-6-12-14(11)16(2)13(18)7-10-17(12)9-4-8-15/h3,5-6H,4,7-10,15H2,1-2H3. The fraction of sp³-hybridized carbons (Fsp3) is 0.500. The molecule has 4 nitrogen and oxygen atoms in total. The van der Waals surface area contributed by atoms with Crippen LogP contribution in [0.2, 0.25) is 0 Å². The van der Waals surface area contributed by atoms with Gasteiger partial charge in [0.1, 0.15) is 0 Å². The molecule has 0 saturated heterocycles. The number of nitrogens with two attached hydrogens (primary N) is 1. The molecule has 0 aliphatic carbocycles. The lowest BCUT2D eigenvalue weighted by atomic mass is 10.1. The second-order valence-electron chi connectivity index (χ2n) is 4.77. The maximum Gasteiger partial charge on any atom is 0.228 e. The molecule has 0 spiro atoms. The highest BCUT2D eigenvalue weighted by Crippen LogP contribution is 2.34. The first-order valence-corrected chi connectivity index (χ1v) is 6.46. The Morgan fingerprint density at radius 3 is 2.89 bits per heavy atom. The Hall–Kier alpha value is -1.55. The lowest BCUT2D eigenvalue weighted by molar-refractivity contribution is -0.118. The molecule has 1 aromatic carbocycles. The van der Waals surface area contributed by atoms with Gasteiger partial charge in [-0.05, 0) is 31.5 Å². The average Bonchev–Trinajstić information content (AvgIpc) is 2.48. The molecule has 98 valence electrons. The van der Waals surface area contributed by atoms with Gasteiger partial charge in [0, 0.05) is 26.6 Å². The summed E-state index contributed by atoms with van der Waals surface area (Å²) in [5.74, 6) is 0.181. The van der Waals surface area contributed by atoms with Gasteiger partial charge in [-0.25, -0.2) is 0 Å². The molecule has 2 rings (SSSR count). The van der Waals surface area contributed by atoms with E-state index < -0.39 is 0 Å². The molecule has 1 aromatic rings. The van der Waals surface area contributed by atoms with Gasteiger partial charge in [0.25, 0.3) is 0 Å². The van der Waals surface area contributed by atoms with E-state index in [4.69, 9.17) is 5.73 Å². The summed E-state index contributed by atoms with van der Waals surface area (Å²) in [5.41, 5.74) is 8.92. The first-order valence-electron chi connectivity index (χ1n) is 6.46. The summed E-state index contributed by atoms with van der Waals surface area (Å²) in [6, 6.07) is 6.19. The average molecular weight is 247 g/mol. The minimum atomic E-state index is 0.181. The van der Waals surface area contributed by atoms with Crippen molar-refractivity contribution < 1.29 is 4.79 Å². The van der Waals surface area contributed by atoms with E-state index in [-0.39, 0.29) is 5.91 Å². The summed E-state index contributed by atoms with van der Waals surface area (Å²) in [7, 11) is 1.86. The number of fused-ring (bicyclic) bond motifs is 1. The predicted octanol–water partition coefficient (Wildman–Crippen LogP) is 1.52. The molecule has 0 unspecified atom stereocenters. The van der Waals surface area contributed by atoms with Gasteiger partial charge in [0.2, 0.25) is 5.91 Å². The second-order valence-corrected chi connectivity index (χ2v) is 4.77. The molecule has 1 aliphatic rings. The molecule has 0 atom stereocenters. The molecular weight excluding hydrogens is 226 g/mol. The van der Waals surface area contributed by atoms with Gasteiger partial charge in [-0.2, -0.15) is 0 Å². The molecular formula is C14H21N3O. The van der Waals surface area contributed by atoms with Gasteiger partial charge >= 0.3 is 0 Å². The fourth-order valence-corrected chi connectivity index (χ4v) is 2.49. The molecule has 18 heavy (non-hydrogen) atoms. The van der Waals surface area contributed by atoms with Crippen LogP contribution in [0.25, 0.3) is 0 Å². The van der Waals surface area contributed by atoms with Gasteiger partial charge in [0.15, 0.2) is 0 Å². The number of rotatable bonds is 3. The quantitative estimate of drug-likeness (QED) is 0.881. The van der Waals surface area contributed by atoms with E-state index in [9.17, 15) is 4.79 Å². The van der Waals surface area contributed by atoms with Gasteiger partial charge < -0.3 is 15.5 Å². The molecule has 0 aromatic heterocycles. The predicted molar refractivity (Wildman–Crippen MR) is 75.1 cm³/mol. The molecule has 1 aliphatic heterocycles. The van der Waals surface area contributed by atoms with Crippen LogP contribution >= 0.6 is 0 Å². The van der Waals surface area contributed by atoms with Crippen molar-refractivity contribution in [3.63, 3.8) is 0 Å². The monoisotopic (exact) mass is 247 g/mol. The SMILES string of the molecule is Cc1cccc2c1N(C)C(=O)CCN2CCCN. The van der Waals surface area contributed by atoms with Crippen molar-refractivity contribution in [3.8, 4) is 0 Å². The van der Waals surface area contributed by atoms with E-state index in [1.807, 2.05) is 13.1 Å². The zero-order chi connectivity index (χ0) is 13.1. The van der Waals surface area contributed by atoms with Crippen LogP contribution in [0.5, 0.6) is 0 Å². The van der Waals surface area contributed by atoms with Crippen LogP contribution in [0.3, 0.4) is 0 Å². The van der Waals surface area contributed by atoms with Crippen molar-refractivity contribution in [3.05, 3.63) is 23.8 Å². The molecule has 2 N–H and O–H groups in total. The zero-order valence-electron chi connectivity index (χ0n) is 11.1. The third-order valence-electron chi connectivity index (χ3n) is 3.49. The van der Waals surface area contributed by atoms with E-state index in [0.717, 1.165) is 36.4 Å². The maximum absolute atomic E-state index is 12.0. The molecule has 0 fully saturated rings. The smallest absolute Gasteiger partial charge is 0.228 e. The highest BCUT2D eigenvalue weighted by atomic mass is 16.2. The second kappa shape index (κ2) is 5.40. The first kappa shape index (κ1) is 12.9. The van der Waals surface area contributed by atoms with Crippen LogP contribution in [0.15, 0.2) is 18.2 Å². The van der Waals surface area contributed by atoms with Crippen molar-refractivity contribution in [2.24, 2.45) is 5.73 Å². The largest absolute Gasteiger partial charge is 0.369 e. The molecule has 0 radical (unpaired) electrons. The van der Waals surface area contributed by atoms with Crippen LogP contribution in [-0.4, -0.2) is 32.6 Å². The Kier molecular flexibility index (Phi) is 3.87. The topological polar surface area (TPSA) is 49.6 Å². The molecule has 0 saturated carbocycles. The minimum Gasteiger partial charge on any atom is -0.369 e. The fourth-order valence-electron chi connectivity index (χ4n) is 2.49. The number of aryl methyl sites for hydroxylation is 1. The molecule has 1 amide bonds. The van der Waals surface area contributed by atoms with Crippen molar-refractivity contribution in [1.29, 1.82) is 0 Å². The molecule has 4 heteroatoms. The third kappa shape index (κ3) is 2.34. The third-order valence-corrected chi connectivity index (χ3v) is 3.49. The van der Waals surface area contributed by atoms with Gasteiger partial charge in [-0.3, -0.25) is 4.79 Å². The van der Waals surface area contributed by atoms with Crippen LogP contribution in [-0.2, 0) is 4.79 Å². The van der Waals surface area contributed by atoms with E-state index >= 15 is 0 Å². The Labute approximate surface area is 108 Å². The number of para-hydroxylation sites is 1. The lowest BCUT2D eigenvalue weighted by Gasteiger charge is -2.26. The normalized spacial score (nSPS) is 15.6. The van der Waals surface area contributed by atoms with Crippen LogP contribution in [0.1, 0.15) is 18.4 Å². The first-order chi connectivity index (χ1) is 8.65. The number of amides is 1. The summed E-state index contributed by atoms with van der Waals surface area (Å²) in [4.78, 5) is 16.1. The summed E-state index contributed by atoms with van der Waals surface area (Å²) in [6.07, 6.45) is 1.51. The Balaban J connectivity index is 2.41. The number of nitrogens with zero attached hydrogens (tertiary/aromatic N) is 2. The number of anilines is 2. The summed E-state index contributed by atoms with van der Waals surface area (Å²) in [5, 5.41) is 0. The van der Waals surface area contributed by atoms with E-state index in [1.165, 1.54) is 0 Å². The molecule has 1 heterocycles. The van der Waals surface area contributed by atoms with E-state index in [2.05, 4.69) is 24.0 Å². The Morgan fingerprint density at radius 1 is 1.39 bits per heavy atom. The number of carbonyl (C=O) groups is 1. The summed E-state index contributed by atoms with van der Waals surface area (Å²) >= 11 is 0. The highest BCUT2D eigenvalue weighted by Gasteiger charge is 2.24. The summed E-state index contributed by atoms with van der Waals surface area (Å²) in [6.45, 7) is 4.42. The Morgan fingerprint density at radius 2 is 2.17 bits per heavy atom. The van der Waals surface area contributed by atoms with Gasteiger partial charge in [-0.15, -0.1) is 0 Å². The van der Waals surface area contributed by atoms with Crippen molar-refractivity contribution >= 4 is 17.3 Å². The number of carbonyl (C=O) groups excluding carboxylic acids is 1. The van der Waals surface area contributed by atoms with Crippen LogP contribution in [0.4, 0.5) is 11.4 Å². The van der Waals surface area contributed by atoms with E-state index in [1.54, 1.807) is 4.90 Å². The maximum atomic E-state index is 12.0. The molecule has 0 bridgehead atoms. The highest BCUT2D eigenvalue weighted by molar-refractivity contribution is 5.99. The van der Waals surface area contributed by atoms with Crippen LogP contribution < -0.4 is 15.5 Å². The number of benzene rings is 1. The van der Waals surface area contributed by atoms with Crippen molar-refractivity contribution in [2.45, 2.75) is 19.8 Å². The summed E-state index contributed by atoms with van der Waals surface area (Å²) < 4.78 is 0. The van der Waals surface area contributed by atoms with E-state index in [0.29, 0.717) is 13.0 Å². The van der Waals surface area contributed by atoms with Crippen molar-refractivity contribution in [1.82, 2.24) is 0 Å². The van der Waals surface area contributed by atoms with Crippen LogP contribution in [0, 0.1) is 6.92 Å². The number of hydrogen-bond acceptors (Lipinski definition) is 3. The van der Waals surface area contributed by atoms with Gasteiger partial charge in [-0.1, -0.05) is 12.1 Å². The minimum absolute atomic E-state index is 0.181. The van der Waals surface area contributed by atoms with Gasteiger partial charge in [0.05, 0.1) is 11.4 Å².